The third kappa shape index (κ3) is 1.74. The highest BCUT2D eigenvalue weighted by Crippen LogP contribution is 2.24. The molecule has 0 saturated carbocycles. The molecule has 0 saturated heterocycles. The van der Waals surface area contributed by atoms with Crippen LogP contribution in [0.1, 0.15) is 10.4 Å². The Morgan fingerprint density at radius 2 is 2.27 bits per heavy atom. The van der Waals surface area contributed by atoms with Crippen LogP contribution in [0.3, 0.4) is 0 Å². The number of rotatable bonds is 1. The molecule has 1 aromatic heterocycles. The summed E-state index contributed by atoms with van der Waals surface area (Å²) in [4.78, 5) is 11.3. The molecule has 78 valence electrons. The zero-order chi connectivity index (χ0) is 11.0. The number of methoxy groups -OCH3 is 1. The number of carbonyl (C=O) groups excluding carboxylic acids is 1. The summed E-state index contributed by atoms with van der Waals surface area (Å²) in [5, 5.41) is 5.17. The number of benzene rings is 1. The largest absolute Gasteiger partial charge is 0.465 e. The number of carbonyl (C=O) groups is 1. The van der Waals surface area contributed by atoms with E-state index in [9.17, 15) is 4.79 Å². The van der Waals surface area contributed by atoms with Crippen LogP contribution in [-0.2, 0) is 11.8 Å². The lowest BCUT2D eigenvalue weighted by molar-refractivity contribution is 0.0601. The molecule has 0 unspecified atom stereocenters. The number of esters is 1. The summed E-state index contributed by atoms with van der Waals surface area (Å²) >= 11 is 3.37. The molecular weight excluding hydrogens is 260 g/mol. The topological polar surface area (TPSA) is 44.1 Å². The highest BCUT2D eigenvalue weighted by molar-refractivity contribution is 9.10. The van der Waals surface area contributed by atoms with E-state index in [1.165, 1.54) is 7.11 Å². The number of aromatic nitrogens is 2. The number of hydrogen-bond donors (Lipinski definition) is 0. The smallest absolute Gasteiger partial charge is 0.337 e. The summed E-state index contributed by atoms with van der Waals surface area (Å²) in [5.74, 6) is -0.346. The average molecular weight is 269 g/mol. The molecular formula is C10H9BrN2O2. The molecule has 0 N–H and O–H groups in total. The molecule has 0 fully saturated rings. The van der Waals surface area contributed by atoms with Gasteiger partial charge in [-0.3, -0.25) is 4.68 Å². The van der Waals surface area contributed by atoms with Crippen LogP contribution >= 0.6 is 15.9 Å². The molecule has 15 heavy (non-hydrogen) atoms. The first-order chi connectivity index (χ1) is 7.11. The summed E-state index contributed by atoms with van der Waals surface area (Å²) in [6, 6.07) is 3.47. The average Bonchev–Trinajstić information content (AvgIpc) is 2.58. The predicted octanol–water partition coefficient (Wildman–Crippen LogP) is 2.12. The SMILES string of the molecule is COC(=O)c1cc(Br)c2nn(C)cc2c1. The van der Waals surface area contributed by atoms with E-state index in [2.05, 4.69) is 25.8 Å². The van der Waals surface area contributed by atoms with E-state index in [-0.39, 0.29) is 5.97 Å². The molecule has 0 aliphatic carbocycles. The molecule has 0 aliphatic heterocycles. The van der Waals surface area contributed by atoms with E-state index in [1.54, 1.807) is 16.8 Å². The Hall–Kier alpha value is -1.36. The molecule has 2 rings (SSSR count). The van der Waals surface area contributed by atoms with Gasteiger partial charge in [0.25, 0.3) is 0 Å². The molecule has 0 atom stereocenters. The Labute approximate surface area is 95.0 Å². The van der Waals surface area contributed by atoms with Crippen molar-refractivity contribution in [3.63, 3.8) is 0 Å². The van der Waals surface area contributed by atoms with Crippen molar-refractivity contribution in [1.82, 2.24) is 9.78 Å². The van der Waals surface area contributed by atoms with Gasteiger partial charge in [0.2, 0.25) is 0 Å². The van der Waals surface area contributed by atoms with Crippen LogP contribution in [0.2, 0.25) is 0 Å². The summed E-state index contributed by atoms with van der Waals surface area (Å²) in [5.41, 5.74) is 1.36. The van der Waals surface area contributed by atoms with Gasteiger partial charge in [-0.05, 0) is 28.1 Å². The first-order valence-corrected chi connectivity index (χ1v) is 5.12. The van der Waals surface area contributed by atoms with Crippen molar-refractivity contribution in [2.75, 3.05) is 7.11 Å². The molecule has 5 heteroatoms. The maximum Gasteiger partial charge on any atom is 0.337 e. The minimum Gasteiger partial charge on any atom is -0.465 e. The van der Waals surface area contributed by atoms with Crippen molar-refractivity contribution >= 4 is 32.8 Å². The van der Waals surface area contributed by atoms with Crippen molar-refractivity contribution < 1.29 is 9.53 Å². The fourth-order valence-electron chi connectivity index (χ4n) is 1.45. The second-order valence-electron chi connectivity index (χ2n) is 3.19. The van der Waals surface area contributed by atoms with Crippen LogP contribution in [0.5, 0.6) is 0 Å². The maximum atomic E-state index is 11.3. The fraction of sp³-hybridized carbons (Fsp3) is 0.200. The monoisotopic (exact) mass is 268 g/mol. The van der Waals surface area contributed by atoms with Crippen LogP contribution < -0.4 is 0 Å². The lowest BCUT2D eigenvalue weighted by atomic mass is 10.2. The van der Waals surface area contributed by atoms with Crippen molar-refractivity contribution in [3.05, 3.63) is 28.4 Å². The molecule has 1 heterocycles. The van der Waals surface area contributed by atoms with E-state index in [0.717, 1.165) is 15.4 Å². The highest BCUT2D eigenvalue weighted by Gasteiger charge is 2.11. The first kappa shape index (κ1) is 10.2. The summed E-state index contributed by atoms with van der Waals surface area (Å²) in [7, 11) is 3.20. The minimum atomic E-state index is -0.346. The zero-order valence-corrected chi connectivity index (χ0v) is 9.91. The second kappa shape index (κ2) is 3.66. The Bertz CT molecular complexity index is 533. The Balaban J connectivity index is 2.66. The second-order valence-corrected chi connectivity index (χ2v) is 4.04. The Morgan fingerprint density at radius 3 is 2.93 bits per heavy atom. The van der Waals surface area contributed by atoms with Gasteiger partial charge in [-0.1, -0.05) is 0 Å². The first-order valence-electron chi connectivity index (χ1n) is 4.33. The van der Waals surface area contributed by atoms with Gasteiger partial charge in [-0.25, -0.2) is 4.79 Å². The van der Waals surface area contributed by atoms with Gasteiger partial charge in [-0.2, -0.15) is 5.10 Å². The van der Waals surface area contributed by atoms with Crippen LogP contribution in [0.4, 0.5) is 0 Å². The van der Waals surface area contributed by atoms with E-state index in [0.29, 0.717) is 5.56 Å². The molecule has 2 aromatic rings. The number of aryl methyl sites for hydroxylation is 1. The number of fused-ring (bicyclic) bond motifs is 1. The summed E-state index contributed by atoms with van der Waals surface area (Å²) < 4.78 is 7.16. The molecule has 0 spiro atoms. The Kier molecular flexibility index (Phi) is 2.48. The van der Waals surface area contributed by atoms with Gasteiger partial charge in [0.1, 0.15) is 5.52 Å². The van der Waals surface area contributed by atoms with Crippen LogP contribution in [0.25, 0.3) is 10.9 Å². The normalized spacial score (nSPS) is 10.6. The van der Waals surface area contributed by atoms with E-state index in [4.69, 9.17) is 0 Å². The minimum absolute atomic E-state index is 0.346. The summed E-state index contributed by atoms with van der Waals surface area (Å²) in [6.07, 6.45) is 1.85. The van der Waals surface area contributed by atoms with Crippen molar-refractivity contribution in [1.29, 1.82) is 0 Å². The number of ether oxygens (including phenoxy) is 1. The Morgan fingerprint density at radius 1 is 1.53 bits per heavy atom. The van der Waals surface area contributed by atoms with E-state index < -0.39 is 0 Å². The van der Waals surface area contributed by atoms with Crippen LogP contribution in [0, 0.1) is 0 Å². The quantitative estimate of drug-likeness (QED) is 0.745. The van der Waals surface area contributed by atoms with Gasteiger partial charge in [-0.15, -0.1) is 0 Å². The van der Waals surface area contributed by atoms with Gasteiger partial charge in [0.05, 0.1) is 12.7 Å². The number of hydrogen-bond acceptors (Lipinski definition) is 3. The van der Waals surface area contributed by atoms with Gasteiger partial charge < -0.3 is 4.74 Å². The zero-order valence-electron chi connectivity index (χ0n) is 8.32. The van der Waals surface area contributed by atoms with Gasteiger partial charge in [0.15, 0.2) is 0 Å². The molecule has 0 bridgehead atoms. The fourth-order valence-corrected chi connectivity index (χ4v) is 2.00. The molecule has 0 amide bonds. The van der Waals surface area contributed by atoms with Gasteiger partial charge >= 0.3 is 5.97 Å². The van der Waals surface area contributed by atoms with Crippen molar-refractivity contribution in [2.45, 2.75) is 0 Å². The molecule has 4 nitrogen and oxygen atoms in total. The predicted molar refractivity (Wildman–Crippen MR) is 59.8 cm³/mol. The van der Waals surface area contributed by atoms with Crippen molar-refractivity contribution in [2.24, 2.45) is 7.05 Å². The molecule has 1 aromatic carbocycles. The van der Waals surface area contributed by atoms with Crippen molar-refractivity contribution in [3.8, 4) is 0 Å². The number of halogens is 1. The van der Waals surface area contributed by atoms with E-state index >= 15 is 0 Å². The third-order valence-electron chi connectivity index (χ3n) is 2.10. The van der Waals surface area contributed by atoms with Crippen LogP contribution in [0.15, 0.2) is 22.8 Å². The third-order valence-corrected chi connectivity index (χ3v) is 2.70. The van der Waals surface area contributed by atoms with Gasteiger partial charge in [0, 0.05) is 23.1 Å². The van der Waals surface area contributed by atoms with Crippen LogP contribution in [-0.4, -0.2) is 22.9 Å². The maximum absolute atomic E-state index is 11.3. The number of nitrogens with zero attached hydrogens (tertiary/aromatic N) is 2. The molecule has 0 radical (unpaired) electrons. The van der Waals surface area contributed by atoms with E-state index in [1.807, 2.05) is 13.2 Å². The standard InChI is InChI=1S/C10H9BrN2O2/c1-13-5-7-3-6(10(14)15-2)4-8(11)9(7)12-13/h3-5H,1-2H3. The molecule has 0 aliphatic rings. The lowest BCUT2D eigenvalue weighted by Gasteiger charge is -2.00. The highest BCUT2D eigenvalue weighted by atomic mass is 79.9. The lowest BCUT2D eigenvalue weighted by Crippen LogP contribution is -2.00. The summed E-state index contributed by atoms with van der Waals surface area (Å²) in [6.45, 7) is 0.